The molecule has 2 saturated heterocycles. The second kappa shape index (κ2) is 6.93. The minimum atomic E-state index is -0.0255. The second-order valence-electron chi connectivity index (χ2n) is 7.64. The molecule has 0 saturated carbocycles. The zero-order valence-electron chi connectivity index (χ0n) is 15.0. The summed E-state index contributed by atoms with van der Waals surface area (Å²) in [4.78, 5) is 16.9. The summed E-state index contributed by atoms with van der Waals surface area (Å²) in [6.45, 7) is 4.55. The van der Waals surface area contributed by atoms with Crippen molar-refractivity contribution in [1.29, 1.82) is 0 Å². The van der Waals surface area contributed by atoms with Crippen molar-refractivity contribution < 1.29 is 4.79 Å². The Morgan fingerprint density at radius 2 is 2.00 bits per heavy atom. The van der Waals surface area contributed by atoms with Crippen molar-refractivity contribution in [3.63, 3.8) is 0 Å². The van der Waals surface area contributed by atoms with Gasteiger partial charge in [0.2, 0.25) is 0 Å². The normalized spacial score (nSPS) is 23.1. The SMILES string of the molecule is CN1CCC2(CCN(C(=O)Nc3cnn(Cc4ccc(Cl)cc4)c3)C2)C1. The van der Waals surface area contributed by atoms with Gasteiger partial charge in [-0.3, -0.25) is 4.68 Å². The molecule has 7 heteroatoms. The molecule has 1 aromatic carbocycles. The van der Waals surface area contributed by atoms with Crippen LogP contribution in [0.5, 0.6) is 0 Å². The summed E-state index contributed by atoms with van der Waals surface area (Å²) in [7, 11) is 2.16. The number of likely N-dealkylation sites (tertiary alicyclic amines) is 2. The molecule has 0 radical (unpaired) electrons. The lowest BCUT2D eigenvalue weighted by atomic mass is 9.86. The van der Waals surface area contributed by atoms with E-state index < -0.39 is 0 Å². The van der Waals surface area contributed by atoms with Crippen molar-refractivity contribution in [2.24, 2.45) is 5.41 Å². The molecule has 1 N–H and O–H groups in total. The number of amides is 2. The van der Waals surface area contributed by atoms with E-state index in [9.17, 15) is 4.79 Å². The highest BCUT2D eigenvalue weighted by molar-refractivity contribution is 6.30. The minimum Gasteiger partial charge on any atom is -0.324 e. The fourth-order valence-corrected chi connectivity index (χ4v) is 4.22. The molecule has 26 heavy (non-hydrogen) atoms. The smallest absolute Gasteiger partial charge is 0.321 e. The molecule has 1 atom stereocenters. The monoisotopic (exact) mass is 373 g/mol. The lowest BCUT2D eigenvalue weighted by molar-refractivity contribution is 0.212. The molecule has 1 aromatic heterocycles. The van der Waals surface area contributed by atoms with Gasteiger partial charge >= 0.3 is 6.03 Å². The fourth-order valence-electron chi connectivity index (χ4n) is 4.09. The quantitative estimate of drug-likeness (QED) is 0.899. The molecule has 4 rings (SSSR count). The van der Waals surface area contributed by atoms with Crippen LogP contribution in [0.3, 0.4) is 0 Å². The molecule has 2 aliphatic rings. The first-order valence-electron chi connectivity index (χ1n) is 9.03. The van der Waals surface area contributed by atoms with E-state index in [0.29, 0.717) is 12.0 Å². The van der Waals surface area contributed by atoms with Crippen LogP contribution in [0.15, 0.2) is 36.7 Å². The first kappa shape index (κ1) is 17.4. The maximum absolute atomic E-state index is 12.6. The molecule has 2 amide bonds. The molecule has 3 heterocycles. The maximum Gasteiger partial charge on any atom is 0.321 e. The van der Waals surface area contributed by atoms with Crippen molar-refractivity contribution in [2.75, 3.05) is 38.5 Å². The first-order chi connectivity index (χ1) is 12.5. The molecule has 2 aliphatic heterocycles. The summed E-state index contributed by atoms with van der Waals surface area (Å²) < 4.78 is 1.82. The summed E-state index contributed by atoms with van der Waals surface area (Å²) in [5.74, 6) is 0. The molecule has 2 aromatic rings. The average Bonchev–Trinajstić information content (AvgIpc) is 3.32. The van der Waals surface area contributed by atoms with Crippen LogP contribution in [0.25, 0.3) is 0 Å². The van der Waals surface area contributed by atoms with Crippen LogP contribution in [-0.2, 0) is 6.54 Å². The Hall–Kier alpha value is -2.05. The molecule has 138 valence electrons. The molecule has 1 spiro atoms. The van der Waals surface area contributed by atoms with Gasteiger partial charge in [0.25, 0.3) is 0 Å². The summed E-state index contributed by atoms with van der Waals surface area (Å²) in [5, 5.41) is 8.05. The van der Waals surface area contributed by atoms with Crippen LogP contribution < -0.4 is 5.32 Å². The van der Waals surface area contributed by atoms with Crippen molar-refractivity contribution in [1.82, 2.24) is 19.6 Å². The number of benzene rings is 1. The number of carbonyl (C=O) groups excluding carboxylic acids is 1. The Balaban J connectivity index is 1.34. The van der Waals surface area contributed by atoms with E-state index >= 15 is 0 Å². The number of hydrogen-bond donors (Lipinski definition) is 1. The number of urea groups is 1. The van der Waals surface area contributed by atoms with Crippen molar-refractivity contribution >= 4 is 23.3 Å². The van der Waals surface area contributed by atoms with E-state index in [0.717, 1.165) is 48.9 Å². The summed E-state index contributed by atoms with van der Waals surface area (Å²) in [6, 6.07) is 7.66. The minimum absolute atomic E-state index is 0.0255. The Labute approximate surface area is 158 Å². The molecular weight excluding hydrogens is 350 g/mol. The number of hydrogen-bond acceptors (Lipinski definition) is 3. The fraction of sp³-hybridized carbons (Fsp3) is 0.474. The van der Waals surface area contributed by atoms with E-state index in [2.05, 4.69) is 22.4 Å². The molecule has 0 bridgehead atoms. The molecule has 0 aliphatic carbocycles. The number of anilines is 1. The molecule has 1 unspecified atom stereocenters. The summed E-state index contributed by atoms with van der Waals surface area (Å²) in [5.41, 5.74) is 2.14. The van der Waals surface area contributed by atoms with Gasteiger partial charge in [0.05, 0.1) is 18.4 Å². The van der Waals surface area contributed by atoms with Crippen LogP contribution in [0.2, 0.25) is 5.02 Å². The van der Waals surface area contributed by atoms with Crippen molar-refractivity contribution in [2.45, 2.75) is 19.4 Å². The topological polar surface area (TPSA) is 53.4 Å². The molecule has 6 nitrogen and oxygen atoms in total. The van der Waals surface area contributed by atoms with Gasteiger partial charge in [0.15, 0.2) is 0 Å². The number of rotatable bonds is 3. The predicted octanol–water partition coefficient (Wildman–Crippen LogP) is 3.14. The van der Waals surface area contributed by atoms with Crippen LogP contribution in [-0.4, -0.2) is 58.8 Å². The van der Waals surface area contributed by atoms with Gasteiger partial charge in [-0.1, -0.05) is 23.7 Å². The van der Waals surface area contributed by atoms with Gasteiger partial charge in [0, 0.05) is 36.3 Å². The number of nitrogens with zero attached hydrogens (tertiary/aromatic N) is 4. The van der Waals surface area contributed by atoms with Crippen LogP contribution in [0.4, 0.5) is 10.5 Å². The lowest BCUT2D eigenvalue weighted by Gasteiger charge is -2.23. The Bertz CT molecular complexity index is 789. The van der Waals surface area contributed by atoms with Crippen molar-refractivity contribution in [3.8, 4) is 0 Å². The van der Waals surface area contributed by atoms with E-state index in [-0.39, 0.29) is 6.03 Å². The van der Waals surface area contributed by atoms with Gasteiger partial charge < -0.3 is 15.1 Å². The van der Waals surface area contributed by atoms with Crippen LogP contribution >= 0.6 is 11.6 Å². The maximum atomic E-state index is 12.6. The predicted molar refractivity (Wildman–Crippen MR) is 103 cm³/mol. The standard InChI is InChI=1S/C19H24ClN5O/c1-23-8-6-19(13-23)7-9-24(14-19)18(26)22-17-10-21-25(12-17)11-15-2-4-16(20)5-3-15/h2-5,10,12H,6-9,11,13-14H2,1H3,(H,22,26). The Morgan fingerprint density at radius 3 is 2.73 bits per heavy atom. The highest BCUT2D eigenvalue weighted by Crippen LogP contribution is 2.38. The van der Waals surface area contributed by atoms with Gasteiger partial charge in [-0.2, -0.15) is 5.10 Å². The van der Waals surface area contributed by atoms with Gasteiger partial charge in [-0.05, 0) is 44.1 Å². The number of nitrogens with one attached hydrogen (secondary N) is 1. The largest absolute Gasteiger partial charge is 0.324 e. The van der Waals surface area contributed by atoms with E-state index in [1.54, 1.807) is 6.20 Å². The zero-order valence-corrected chi connectivity index (χ0v) is 15.7. The van der Waals surface area contributed by atoms with E-state index in [4.69, 9.17) is 11.6 Å². The average molecular weight is 374 g/mol. The highest BCUT2D eigenvalue weighted by Gasteiger charge is 2.43. The Morgan fingerprint density at radius 1 is 1.23 bits per heavy atom. The Kier molecular flexibility index (Phi) is 4.63. The molecule has 2 fully saturated rings. The third-order valence-electron chi connectivity index (χ3n) is 5.50. The van der Waals surface area contributed by atoms with Gasteiger partial charge in [-0.15, -0.1) is 0 Å². The lowest BCUT2D eigenvalue weighted by Crippen LogP contribution is -2.36. The third kappa shape index (κ3) is 3.71. The van der Waals surface area contributed by atoms with Crippen LogP contribution in [0.1, 0.15) is 18.4 Å². The number of carbonyl (C=O) groups is 1. The second-order valence-corrected chi connectivity index (χ2v) is 8.08. The summed E-state index contributed by atoms with van der Waals surface area (Å²) in [6.07, 6.45) is 5.84. The molecular formula is C19H24ClN5O. The van der Waals surface area contributed by atoms with Gasteiger partial charge in [-0.25, -0.2) is 4.79 Å². The first-order valence-corrected chi connectivity index (χ1v) is 9.41. The van der Waals surface area contributed by atoms with Gasteiger partial charge in [0.1, 0.15) is 0 Å². The zero-order chi connectivity index (χ0) is 18.1. The third-order valence-corrected chi connectivity index (χ3v) is 5.75. The van der Waals surface area contributed by atoms with Crippen LogP contribution in [0, 0.1) is 5.41 Å². The van der Waals surface area contributed by atoms with Crippen molar-refractivity contribution in [3.05, 3.63) is 47.2 Å². The highest BCUT2D eigenvalue weighted by atomic mass is 35.5. The van der Waals surface area contributed by atoms with E-state index in [1.165, 1.54) is 6.42 Å². The number of aromatic nitrogens is 2. The summed E-state index contributed by atoms with van der Waals surface area (Å²) >= 11 is 5.91. The van der Waals surface area contributed by atoms with E-state index in [1.807, 2.05) is 40.0 Å². The number of halogens is 1.